The average Bonchev–Trinajstić information content (AvgIpc) is 3.17. The highest BCUT2D eigenvalue weighted by Gasteiger charge is 2.17. The standard InChI is InChI=1S/C29H34O4/c1-18(2)7-6-8-20(5)10-13-23-25(30)14-12-22-16-28(33-29(22)23)24-17-27(32)26(31)15-21(24)11-9-19(3)4/h7,9-10,12,14-17,30-32H,6,8,11,13H2,1-5H3/b20-10+. The van der Waals surface area contributed by atoms with Gasteiger partial charge in [-0.2, -0.15) is 0 Å². The summed E-state index contributed by atoms with van der Waals surface area (Å²) in [6.07, 6.45) is 9.60. The van der Waals surface area contributed by atoms with Crippen molar-refractivity contribution < 1.29 is 19.7 Å². The molecule has 4 heteroatoms. The van der Waals surface area contributed by atoms with Crippen LogP contribution < -0.4 is 0 Å². The number of phenolic OH excluding ortho intramolecular Hbond substituents is 3. The fourth-order valence-electron chi connectivity index (χ4n) is 3.78. The van der Waals surface area contributed by atoms with E-state index in [9.17, 15) is 15.3 Å². The fourth-order valence-corrected chi connectivity index (χ4v) is 3.78. The Bertz CT molecular complexity index is 1230. The van der Waals surface area contributed by atoms with Gasteiger partial charge in [0, 0.05) is 16.5 Å². The van der Waals surface area contributed by atoms with Crippen LogP contribution in [0, 0.1) is 0 Å². The number of benzene rings is 2. The van der Waals surface area contributed by atoms with Crippen LogP contribution in [-0.2, 0) is 12.8 Å². The minimum atomic E-state index is -0.190. The molecular weight excluding hydrogens is 412 g/mol. The van der Waals surface area contributed by atoms with E-state index in [2.05, 4.69) is 39.0 Å². The van der Waals surface area contributed by atoms with Crippen molar-refractivity contribution in [1.29, 1.82) is 0 Å². The molecule has 3 aromatic rings. The van der Waals surface area contributed by atoms with E-state index in [1.807, 2.05) is 26.0 Å². The number of fused-ring (bicyclic) bond motifs is 1. The second-order valence-corrected chi connectivity index (χ2v) is 9.15. The Morgan fingerprint density at radius 2 is 1.48 bits per heavy atom. The van der Waals surface area contributed by atoms with Crippen LogP contribution >= 0.6 is 0 Å². The molecule has 1 heterocycles. The predicted molar refractivity (Wildman–Crippen MR) is 136 cm³/mol. The summed E-state index contributed by atoms with van der Waals surface area (Å²) < 4.78 is 6.24. The Morgan fingerprint density at radius 1 is 0.788 bits per heavy atom. The van der Waals surface area contributed by atoms with Crippen LogP contribution in [0.4, 0.5) is 0 Å². The highest BCUT2D eigenvalue weighted by Crippen LogP contribution is 2.39. The summed E-state index contributed by atoms with van der Waals surface area (Å²) in [5.41, 5.74) is 6.70. The summed E-state index contributed by atoms with van der Waals surface area (Å²) in [4.78, 5) is 0. The van der Waals surface area contributed by atoms with Gasteiger partial charge in [-0.15, -0.1) is 0 Å². The number of phenols is 3. The van der Waals surface area contributed by atoms with E-state index < -0.39 is 0 Å². The van der Waals surface area contributed by atoms with Gasteiger partial charge in [0.25, 0.3) is 0 Å². The maximum absolute atomic E-state index is 10.6. The van der Waals surface area contributed by atoms with Crippen LogP contribution in [0.3, 0.4) is 0 Å². The molecule has 33 heavy (non-hydrogen) atoms. The van der Waals surface area contributed by atoms with Crippen LogP contribution in [0.25, 0.3) is 22.3 Å². The monoisotopic (exact) mass is 446 g/mol. The van der Waals surface area contributed by atoms with E-state index in [4.69, 9.17) is 4.42 Å². The van der Waals surface area contributed by atoms with E-state index in [-0.39, 0.29) is 17.2 Å². The first-order valence-corrected chi connectivity index (χ1v) is 11.4. The van der Waals surface area contributed by atoms with Gasteiger partial charge in [-0.05, 0) is 96.2 Å². The fraction of sp³-hybridized carbons (Fsp3) is 0.310. The zero-order chi connectivity index (χ0) is 24.1. The minimum absolute atomic E-state index is 0.154. The maximum atomic E-state index is 10.6. The van der Waals surface area contributed by atoms with Gasteiger partial charge in [0.1, 0.15) is 17.1 Å². The Hall–Kier alpha value is -3.40. The van der Waals surface area contributed by atoms with E-state index in [0.29, 0.717) is 24.2 Å². The van der Waals surface area contributed by atoms with Gasteiger partial charge >= 0.3 is 0 Å². The highest BCUT2D eigenvalue weighted by molar-refractivity contribution is 5.88. The molecule has 0 saturated carbocycles. The quantitative estimate of drug-likeness (QED) is 0.242. The molecule has 0 saturated heterocycles. The maximum Gasteiger partial charge on any atom is 0.158 e. The molecule has 0 spiro atoms. The lowest BCUT2D eigenvalue weighted by Crippen LogP contribution is -1.89. The molecule has 0 aliphatic rings. The van der Waals surface area contributed by atoms with Crippen LogP contribution in [0.5, 0.6) is 17.2 Å². The zero-order valence-electron chi connectivity index (χ0n) is 20.2. The largest absolute Gasteiger partial charge is 0.508 e. The van der Waals surface area contributed by atoms with Gasteiger partial charge < -0.3 is 19.7 Å². The average molecular weight is 447 g/mol. The molecule has 0 aliphatic heterocycles. The number of hydrogen-bond donors (Lipinski definition) is 3. The van der Waals surface area contributed by atoms with Gasteiger partial charge in [-0.1, -0.05) is 34.9 Å². The van der Waals surface area contributed by atoms with E-state index in [0.717, 1.165) is 40.5 Å². The summed E-state index contributed by atoms with van der Waals surface area (Å²) in [5.74, 6) is 0.451. The van der Waals surface area contributed by atoms with Crippen molar-refractivity contribution in [2.24, 2.45) is 0 Å². The first-order valence-electron chi connectivity index (χ1n) is 11.4. The van der Waals surface area contributed by atoms with Crippen LogP contribution in [0.2, 0.25) is 0 Å². The Labute approximate surface area is 196 Å². The van der Waals surface area contributed by atoms with Gasteiger partial charge in [0.2, 0.25) is 0 Å². The summed E-state index contributed by atoms with van der Waals surface area (Å²) in [6, 6.07) is 8.56. The predicted octanol–water partition coefficient (Wildman–Crippen LogP) is 7.96. The lowest BCUT2D eigenvalue weighted by atomic mass is 10.00. The van der Waals surface area contributed by atoms with Crippen molar-refractivity contribution in [2.45, 2.75) is 60.3 Å². The van der Waals surface area contributed by atoms with Crippen LogP contribution in [0.1, 0.15) is 58.6 Å². The van der Waals surface area contributed by atoms with E-state index >= 15 is 0 Å². The normalized spacial score (nSPS) is 11.6. The Morgan fingerprint density at radius 3 is 2.18 bits per heavy atom. The van der Waals surface area contributed by atoms with Crippen molar-refractivity contribution in [3.63, 3.8) is 0 Å². The molecule has 0 radical (unpaired) electrons. The molecule has 0 atom stereocenters. The van der Waals surface area contributed by atoms with Gasteiger partial charge in [-0.25, -0.2) is 0 Å². The molecule has 0 unspecified atom stereocenters. The topological polar surface area (TPSA) is 73.8 Å². The first kappa shape index (κ1) is 24.2. The molecule has 2 aromatic carbocycles. The number of rotatable bonds is 8. The van der Waals surface area contributed by atoms with Crippen molar-refractivity contribution >= 4 is 11.0 Å². The number of allylic oxidation sites excluding steroid dienone is 6. The molecule has 174 valence electrons. The van der Waals surface area contributed by atoms with Crippen LogP contribution in [0.15, 0.2) is 69.7 Å². The molecule has 0 aliphatic carbocycles. The minimum Gasteiger partial charge on any atom is -0.508 e. The molecule has 1 aromatic heterocycles. The molecule has 0 amide bonds. The molecule has 3 rings (SSSR count). The lowest BCUT2D eigenvalue weighted by Gasteiger charge is -2.09. The van der Waals surface area contributed by atoms with Gasteiger partial charge in [0.05, 0.1) is 0 Å². The number of aromatic hydroxyl groups is 3. The number of furan rings is 1. The van der Waals surface area contributed by atoms with Crippen molar-refractivity contribution in [3.8, 4) is 28.6 Å². The highest BCUT2D eigenvalue weighted by atomic mass is 16.3. The molecule has 3 N–H and O–H groups in total. The smallest absolute Gasteiger partial charge is 0.158 e. The molecule has 4 nitrogen and oxygen atoms in total. The summed E-state index contributed by atoms with van der Waals surface area (Å²) in [5, 5.41) is 31.6. The lowest BCUT2D eigenvalue weighted by molar-refractivity contribution is 0.403. The SMILES string of the molecule is CC(C)=CCC/C(C)=C/Cc1c(O)ccc2cc(-c3cc(O)c(O)cc3CC=C(C)C)oc12. The Balaban J connectivity index is 1.99. The third-order valence-corrected chi connectivity index (χ3v) is 5.71. The molecule has 0 bridgehead atoms. The third kappa shape index (κ3) is 6.10. The van der Waals surface area contributed by atoms with Crippen molar-refractivity contribution in [3.05, 3.63) is 76.4 Å². The van der Waals surface area contributed by atoms with E-state index in [1.165, 1.54) is 17.2 Å². The zero-order valence-corrected chi connectivity index (χ0v) is 20.2. The summed E-state index contributed by atoms with van der Waals surface area (Å²) in [7, 11) is 0. The summed E-state index contributed by atoms with van der Waals surface area (Å²) >= 11 is 0. The van der Waals surface area contributed by atoms with Gasteiger partial charge in [-0.3, -0.25) is 0 Å². The van der Waals surface area contributed by atoms with Crippen molar-refractivity contribution in [1.82, 2.24) is 0 Å². The molecule has 0 fully saturated rings. The molecular formula is C29H34O4. The second-order valence-electron chi connectivity index (χ2n) is 9.15. The van der Waals surface area contributed by atoms with Crippen molar-refractivity contribution in [2.75, 3.05) is 0 Å². The Kier molecular flexibility index (Phi) is 7.70. The third-order valence-electron chi connectivity index (χ3n) is 5.71. The number of hydrogen-bond acceptors (Lipinski definition) is 4. The van der Waals surface area contributed by atoms with E-state index in [1.54, 1.807) is 12.1 Å². The summed E-state index contributed by atoms with van der Waals surface area (Å²) in [6.45, 7) is 10.4. The van der Waals surface area contributed by atoms with Crippen LogP contribution in [-0.4, -0.2) is 15.3 Å². The first-order chi connectivity index (χ1) is 15.7. The van der Waals surface area contributed by atoms with Gasteiger partial charge in [0.15, 0.2) is 11.5 Å². The second kappa shape index (κ2) is 10.5.